The molecule has 1 spiro atoms. The fourth-order valence-corrected chi connectivity index (χ4v) is 7.98. The molecule has 0 aromatic rings. The largest absolute Gasteiger partial charge is 0.438 e. The maximum absolute atomic E-state index is 12.9. The molecule has 7 nitrogen and oxygen atoms in total. The number of hydrogen-bond acceptors (Lipinski definition) is 6. The normalized spacial score (nSPS) is 48.8. The first kappa shape index (κ1) is 22.4. The van der Waals surface area contributed by atoms with Gasteiger partial charge in [-0.2, -0.15) is 0 Å². The Bertz CT molecular complexity index is 876. The van der Waals surface area contributed by atoms with Crippen molar-refractivity contribution in [1.29, 1.82) is 0 Å². The molecule has 0 radical (unpaired) electrons. The highest BCUT2D eigenvalue weighted by Gasteiger charge is 2.76. The summed E-state index contributed by atoms with van der Waals surface area (Å²) in [6.07, 6.45) is 2.26. The van der Waals surface area contributed by atoms with E-state index in [1.807, 2.05) is 13.0 Å². The second-order valence-electron chi connectivity index (χ2n) is 11.5. The molecule has 1 heterocycles. The average Bonchev–Trinajstić information content (AvgIpc) is 3.09. The number of carbonyl (C=O) groups excluding carboxylic acids is 1. The van der Waals surface area contributed by atoms with Gasteiger partial charge in [-0.3, -0.25) is 0 Å². The van der Waals surface area contributed by atoms with Crippen LogP contribution in [0.4, 0.5) is 4.79 Å². The van der Waals surface area contributed by atoms with Crippen LogP contribution in [-0.2, 0) is 4.74 Å². The Morgan fingerprint density at radius 1 is 1.25 bits per heavy atom. The van der Waals surface area contributed by atoms with Crippen LogP contribution in [0.5, 0.6) is 0 Å². The van der Waals surface area contributed by atoms with Crippen molar-refractivity contribution in [1.82, 2.24) is 4.90 Å². The van der Waals surface area contributed by atoms with Crippen molar-refractivity contribution in [2.45, 2.75) is 70.9 Å². The summed E-state index contributed by atoms with van der Waals surface area (Å²) in [6.45, 7) is 9.02. The second kappa shape index (κ2) is 7.05. The summed E-state index contributed by atoms with van der Waals surface area (Å²) in [4.78, 5) is 14.5. The van der Waals surface area contributed by atoms with Crippen LogP contribution in [0.15, 0.2) is 23.3 Å². The molecule has 1 saturated heterocycles. The SMILES string of the molecule is CC1=C[C@]23C(O)[C@@H](C=C(CO)[C@@H](O)[C@]2(O)[C@H]1OC(=O)N1CCCC1)[C@H]1[C@@H](C[C@H]3C)C1(C)C. The zero-order valence-corrected chi connectivity index (χ0v) is 19.5. The Hall–Kier alpha value is -1.41. The molecule has 0 aromatic carbocycles. The van der Waals surface area contributed by atoms with E-state index < -0.39 is 42.0 Å². The Morgan fingerprint density at radius 3 is 2.53 bits per heavy atom. The summed E-state index contributed by atoms with van der Waals surface area (Å²) in [5, 5.41) is 45.9. The molecule has 4 aliphatic carbocycles. The lowest BCUT2D eigenvalue weighted by atomic mass is 9.58. The van der Waals surface area contributed by atoms with Crippen molar-refractivity contribution in [2.24, 2.45) is 34.5 Å². The summed E-state index contributed by atoms with van der Waals surface area (Å²) in [5.41, 5.74) is -2.17. The standard InChI is InChI=1S/C25H37NO6/c1-13-11-24-14(2)9-17-18(23(17,3)4)16(20(24)29)10-15(12-27)19(28)25(24,31)21(13)32-22(30)26-7-5-6-8-26/h10-11,14,16-21,27-29,31H,5-9,12H2,1-4H3/t14-,16+,17-,18+,19-,20?,21+,24+,25+/m1/s1. The first-order valence-electron chi connectivity index (χ1n) is 12.1. The number of aliphatic hydroxyl groups is 4. The maximum Gasteiger partial charge on any atom is 0.410 e. The summed E-state index contributed by atoms with van der Waals surface area (Å²) < 4.78 is 5.89. The molecular formula is C25H37NO6. The fourth-order valence-electron chi connectivity index (χ4n) is 7.98. The van der Waals surface area contributed by atoms with Gasteiger partial charge in [0.25, 0.3) is 0 Å². The van der Waals surface area contributed by atoms with E-state index in [1.54, 1.807) is 17.9 Å². The molecule has 9 atom stereocenters. The number of amides is 1. The van der Waals surface area contributed by atoms with Crippen LogP contribution in [0.3, 0.4) is 0 Å². The molecule has 32 heavy (non-hydrogen) atoms. The van der Waals surface area contributed by atoms with Crippen molar-refractivity contribution in [3.63, 3.8) is 0 Å². The number of rotatable bonds is 2. The summed E-state index contributed by atoms with van der Waals surface area (Å²) in [7, 11) is 0. The van der Waals surface area contributed by atoms with Gasteiger partial charge >= 0.3 is 6.09 Å². The monoisotopic (exact) mass is 447 g/mol. The third-order valence-corrected chi connectivity index (χ3v) is 9.74. The Labute approximate surface area is 189 Å². The van der Waals surface area contributed by atoms with E-state index in [2.05, 4.69) is 13.8 Å². The van der Waals surface area contributed by atoms with Gasteiger partial charge in [0.15, 0.2) is 6.10 Å². The van der Waals surface area contributed by atoms with E-state index >= 15 is 0 Å². The Kier molecular flexibility index (Phi) is 4.93. The minimum Gasteiger partial charge on any atom is -0.438 e. The van der Waals surface area contributed by atoms with Crippen LogP contribution in [-0.4, -0.2) is 75.0 Å². The third-order valence-electron chi connectivity index (χ3n) is 9.74. The van der Waals surface area contributed by atoms with E-state index in [-0.39, 0.29) is 23.2 Å². The number of nitrogens with zero attached hydrogens (tertiary/aromatic N) is 1. The van der Waals surface area contributed by atoms with Crippen LogP contribution in [0.25, 0.3) is 0 Å². The van der Waals surface area contributed by atoms with E-state index in [4.69, 9.17) is 4.74 Å². The molecule has 4 N–H and O–H groups in total. The van der Waals surface area contributed by atoms with Crippen LogP contribution in [0, 0.1) is 34.5 Å². The van der Waals surface area contributed by atoms with Crippen LogP contribution in [0.1, 0.15) is 47.0 Å². The molecule has 178 valence electrons. The number of ether oxygens (including phenoxy) is 1. The number of likely N-dealkylation sites (tertiary alicyclic amines) is 1. The number of aliphatic hydroxyl groups excluding tert-OH is 3. The molecule has 1 unspecified atom stereocenters. The quantitative estimate of drug-likeness (QED) is 0.481. The van der Waals surface area contributed by atoms with Gasteiger partial charge < -0.3 is 30.1 Å². The van der Waals surface area contributed by atoms with E-state index in [9.17, 15) is 25.2 Å². The van der Waals surface area contributed by atoms with Gasteiger partial charge in [0.2, 0.25) is 0 Å². The van der Waals surface area contributed by atoms with Gasteiger partial charge in [0.1, 0.15) is 11.7 Å². The minimum atomic E-state index is -1.96. The zero-order chi connectivity index (χ0) is 23.2. The van der Waals surface area contributed by atoms with Crippen molar-refractivity contribution in [2.75, 3.05) is 19.7 Å². The van der Waals surface area contributed by atoms with Crippen molar-refractivity contribution in [3.05, 3.63) is 23.3 Å². The Balaban J connectivity index is 1.62. The van der Waals surface area contributed by atoms with Gasteiger partial charge in [-0.15, -0.1) is 0 Å². The van der Waals surface area contributed by atoms with Crippen LogP contribution >= 0.6 is 0 Å². The first-order chi connectivity index (χ1) is 15.0. The molecule has 1 aliphatic heterocycles. The van der Waals surface area contributed by atoms with Crippen LogP contribution < -0.4 is 0 Å². The first-order valence-corrected chi connectivity index (χ1v) is 12.1. The summed E-state index contributed by atoms with van der Waals surface area (Å²) in [6, 6.07) is 0. The predicted octanol–water partition coefficient (Wildman–Crippen LogP) is 1.85. The Morgan fingerprint density at radius 2 is 1.91 bits per heavy atom. The number of hydrogen-bond donors (Lipinski definition) is 4. The van der Waals surface area contributed by atoms with Crippen molar-refractivity contribution in [3.8, 4) is 0 Å². The third kappa shape index (κ3) is 2.59. The topological polar surface area (TPSA) is 110 Å². The van der Waals surface area contributed by atoms with Gasteiger partial charge in [0, 0.05) is 19.0 Å². The van der Waals surface area contributed by atoms with Gasteiger partial charge in [-0.05, 0) is 60.5 Å². The van der Waals surface area contributed by atoms with Gasteiger partial charge in [0.05, 0.1) is 18.1 Å². The molecule has 5 aliphatic rings. The van der Waals surface area contributed by atoms with Gasteiger partial charge in [-0.1, -0.05) is 32.9 Å². The number of fused-ring (bicyclic) bond motifs is 3. The molecule has 2 bridgehead atoms. The fraction of sp³-hybridized carbons (Fsp3) is 0.800. The lowest BCUT2D eigenvalue weighted by molar-refractivity contribution is -0.216. The molecule has 0 aromatic heterocycles. The highest BCUT2D eigenvalue weighted by atomic mass is 16.6. The average molecular weight is 448 g/mol. The van der Waals surface area contributed by atoms with Gasteiger partial charge in [-0.25, -0.2) is 4.79 Å². The zero-order valence-electron chi connectivity index (χ0n) is 19.5. The van der Waals surface area contributed by atoms with Crippen molar-refractivity contribution >= 4 is 6.09 Å². The number of carbonyl (C=O) groups is 1. The molecule has 7 heteroatoms. The molecule has 5 rings (SSSR count). The summed E-state index contributed by atoms with van der Waals surface area (Å²) in [5.74, 6) is 0.124. The maximum atomic E-state index is 12.9. The van der Waals surface area contributed by atoms with Crippen molar-refractivity contribution < 1.29 is 30.0 Å². The van der Waals surface area contributed by atoms with E-state index in [0.29, 0.717) is 30.2 Å². The highest BCUT2D eigenvalue weighted by molar-refractivity contribution is 5.69. The predicted molar refractivity (Wildman–Crippen MR) is 117 cm³/mol. The molecule has 3 fully saturated rings. The van der Waals surface area contributed by atoms with E-state index in [1.165, 1.54) is 0 Å². The summed E-state index contributed by atoms with van der Waals surface area (Å²) >= 11 is 0. The second-order valence-corrected chi connectivity index (χ2v) is 11.5. The van der Waals surface area contributed by atoms with Crippen LogP contribution in [0.2, 0.25) is 0 Å². The lowest BCUT2D eigenvalue weighted by Gasteiger charge is -2.52. The lowest BCUT2D eigenvalue weighted by Crippen LogP contribution is -2.67. The van der Waals surface area contributed by atoms with E-state index in [0.717, 1.165) is 19.3 Å². The molecule has 2 saturated carbocycles. The molecule has 1 amide bonds. The molecular weight excluding hydrogens is 410 g/mol. The minimum absolute atomic E-state index is 0.0466. The smallest absolute Gasteiger partial charge is 0.410 e. The highest BCUT2D eigenvalue weighted by Crippen LogP contribution is 2.72.